The van der Waals surface area contributed by atoms with Crippen LogP contribution in [0.5, 0.6) is 0 Å². The smallest absolute Gasteiger partial charge is 0.242 e. The predicted molar refractivity (Wildman–Crippen MR) is 126 cm³/mol. The fraction of sp³-hybridized carbons (Fsp3) is 0.440. The van der Waals surface area contributed by atoms with Gasteiger partial charge in [0.1, 0.15) is 6.04 Å². The van der Waals surface area contributed by atoms with E-state index in [1.807, 2.05) is 50.2 Å². The Hall–Kier alpha value is -2.27. The number of carbonyl (C=O) groups is 2. The predicted octanol–water partition coefficient (Wildman–Crippen LogP) is 4.73. The molecule has 0 aromatic heterocycles. The Kier molecular flexibility index (Phi) is 9.44. The Morgan fingerprint density at radius 3 is 2.07 bits per heavy atom. The first kappa shape index (κ1) is 24.0. The summed E-state index contributed by atoms with van der Waals surface area (Å²) in [6.07, 6.45) is 0. The lowest BCUT2D eigenvalue weighted by Gasteiger charge is -2.29. The van der Waals surface area contributed by atoms with Crippen LogP contribution in [0.25, 0.3) is 0 Å². The molecule has 0 fully saturated rings. The molecule has 2 aromatic carbocycles. The highest BCUT2D eigenvalue weighted by atomic mass is 32.2. The first-order chi connectivity index (χ1) is 14.3. The molecule has 0 radical (unpaired) electrons. The van der Waals surface area contributed by atoms with E-state index in [1.165, 1.54) is 11.1 Å². The molecule has 2 rings (SSSR count). The number of nitrogens with zero attached hydrogens (tertiary/aromatic N) is 1. The van der Waals surface area contributed by atoms with E-state index in [-0.39, 0.29) is 11.8 Å². The molecule has 1 N–H and O–H groups in total. The highest BCUT2D eigenvalue weighted by molar-refractivity contribution is 7.99. The lowest BCUT2D eigenvalue weighted by atomic mass is 10.1. The van der Waals surface area contributed by atoms with Crippen LogP contribution in [0.2, 0.25) is 0 Å². The largest absolute Gasteiger partial charge is 0.354 e. The molecule has 162 valence electrons. The molecule has 0 saturated carbocycles. The first-order valence-corrected chi connectivity index (χ1v) is 11.7. The molecule has 5 heteroatoms. The van der Waals surface area contributed by atoms with Gasteiger partial charge in [-0.25, -0.2) is 0 Å². The van der Waals surface area contributed by atoms with Gasteiger partial charge in [-0.05, 0) is 48.9 Å². The third-order valence-corrected chi connectivity index (χ3v) is 6.16. The lowest BCUT2D eigenvalue weighted by Crippen LogP contribution is -2.48. The number of hydrogen-bond acceptors (Lipinski definition) is 3. The number of aryl methyl sites for hydroxylation is 2. The quantitative estimate of drug-likeness (QED) is 0.598. The van der Waals surface area contributed by atoms with Crippen molar-refractivity contribution in [2.45, 2.75) is 53.0 Å². The maximum absolute atomic E-state index is 13.1. The minimum atomic E-state index is -0.519. The second-order valence-corrected chi connectivity index (χ2v) is 9.17. The van der Waals surface area contributed by atoms with E-state index in [2.05, 4.69) is 38.2 Å². The Labute approximate surface area is 185 Å². The Balaban J connectivity index is 2.08. The average molecular weight is 427 g/mol. The van der Waals surface area contributed by atoms with Crippen molar-refractivity contribution in [3.63, 3.8) is 0 Å². The van der Waals surface area contributed by atoms with Gasteiger partial charge < -0.3 is 10.2 Å². The molecular formula is C25H34N2O2S. The zero-order chi connectivity index (χ0) is 22.1. The van der Waals surface area contributed by atoms with Crippen LogP contribution < -0.4 is 5.32 Å². The van der Waals surface area contributed by atoms with Gasteiger partial charge in [-0.15, -0.1) is 11.8 Å². The minimum Gasteiger partial charge on any atom is -0.354 e. The summed E-state index contributed by atoms with van der Waals surface area (Å²) in [7, 11) is 0. The topological polar surface area (TPSA) is 49.4 Å². The second-order valence-electron chi connectivity index (χ2n) is 8.18. The molecule has 0 aliphatic carbocycles. The van der Waals surface area contributed by atoms with E-state index in [0.717, 1.165) is 16.9 Å². The van der Waals surface area contributed by atoms with E-state index in [1.54, 1.807) is 16.7 Å². The van der Waals surface area contributed by atoms with Gasteiger partial charge in [0.2, 0.25) is 11.8 Å². The molecule has 2 aromatic rings. The summed E-state index contributed by atoms with van der Waals surface area (Å²) >= 11 is 1.60. The first-order valence-electron chi connectivity index (χ1n) is 10.5. The van der Waals surface area contributed by atoms with Crippen molar-refractivity contribution in [3.05, 3.63) is 70.8 Å². The highest BCUT2D eigenvalue weighted by Crippen LogP contribution is 2.19. The van der Waals surface area contributed by atoms with E-state index < -0.39 is 6.04 Å². The molecule has 2 amide bonds. The fourth-order valence-corrected chi connectivity index (χ4v) is 4.10. The fourth-order valence-electron chi connectivity index (χ4n) is 3.11. The number of thioether (sulfide) groups is 1. The number of amides is 2. The summed E-state index contributed by atoms with van der Waals surface area (Å²) in [5.41, 5.74) is 4.66. The molecule has 0 aliphatic rings. The summed E-state index contributed by atoms with van der Waals surface area (Å²) < 4.78 is 0. The average Bonchev–Trinajstić information content (AvgIpc) is 2.72. The highest BCUT2D eigenvalue weighted by Gasteiger charge is 2.26. The number of hydrogen-bond donors (Lipinski definition) is 1. The van der Waals surface area contributed by atoms with Gasteiger partial charge in [-0.1, -0.05) is 62.4 Å². The van der Waals surface area contributed by atoms with Crippen LogP contribution in [0.1, 0.15) is 43.0 Å². The summed E-state index contributed by atoms with van der Waals surface area (Å²) in [5.74, 6) is 1.39. The molecule has 30 heavy (non-hydrogen) atoms. The molecule has 0 saturated heterocycles. The summed E-state index contributed by atoms with van der Waals surface area (Å²) in [5, 5.41) is 2.97. The normalized spacial score (nSPS) is 11.9. The van der Waals surface area contributed by atoms with Gasteiger partial charge in [-0.2, -0.15) is 0 Å². The van der Waals surface area contributed by atoms with Crippen LogP contribution in [0.4, 0.5) is 0 Å². The maximum Gasteiger partial charge on any atom is 0.242 e. The van der Waals surface area contributed by atoms with Crippen molar-refractivity contribution in [2.75, 3.05) is 12.3 Å². The van der Waals surface area contributed by atoms with Crippen LogP contribution in [-0.2, 0) is 21.9 Å². The zero-order valence-electron chi connectivity index (χ0n) is 18.8. The molecule has 0 bridgehead atoms. The summed E-state index contributed by atoms with van der Waals surface area (Å²) in [4.78, 5) is 27.6. The number of nitrogens with one attached hydrogen (secondary N) is 1. The third-order valence-electron chi connectivity index (χ3n) is 5.20. The minimum absolute atomic E-state index is 0.0102. The van der Waals surface area contributed by atoms with Gasteiger partial charge in [0.15, 0.2) is 0 Å². The van der Waals surface area contributed by atoms with Gasteiger partial charge in [-0.3, -0.25) is 9.59 Å². The van der Waals surface area contributed by atoms with E-state index in [0.29, 0.717) is 24.8 Å². The van der Waals surface area contributed by atoms with Crippen molar-refractivity contribution >= 4 is 23.6 Å². The van der Waals surface area contributed by atoms with Gasteiger partial charge >= 0.3 is 0 Å². The van der Waals surface area contributed by atoms with Crippen molar-refractivity contribution in [1.82, 2.24) is 10.2 Å². The van der Waals surface area contributed by atoms with E-state index in [4.69, 9.17) is 0 Å². The molecule has 0 heterocycles. The third kappa shape index (κ3) is 7.21. The van der Waals surface area contributed by atoms with E-state index >= 15 is 0 Å². The number of carbonyl (C=O) groups excluding carboxylic acids is 2. The van der Waals surface area contributed by atoms with Gasteiger partial charge in [0.05, 0.1) is 5.75 Å². The lowest BCUT2D eigenvalue weighted by molar-refractivity contribution is -0.138. The van der Waals surface area contributed by atoms with Crippen molar-refractivity contribution in [3.8, 4) is 0 Å². The Morgan fingerprint density at radius 2 is 1.50 bits per heavy atom. The van der Waals surface area contributed by atoms with Gasteiger partial charge in [0, 0.05) is 18.8 Å². The number of rotatable bonds is 10. The zero-order valence-corrected chi connectivity index (χ0v) is 19.6. The SMILES string of the molecule is Cc1ccccc1CSCC(=O)N(Cc1ccccc1C)[C@@H](C)C(=O)NCC(C)C. The van der Waals surface area contributed by atoms with Crippen LogP contribution in [0.15, 0.2) is 48.5 Å². The van der Waals surface area contributed by atoms with Gasteiger partial charge in [0.25, 0.3) is 0 Å². The Morgan fingerprint density at radius 1 is 0.933 bits per heavy atom. The van der Waals surface area contributed by atoms with Crippen LogP contribution in [-0.4, -0.2) is 35.1 Å². The molecule has 1 atom stereocenters. The van der Waals surface area contributed by atoms with Crippen molar-refractivity contribution in [2.24, 2.45) is 5.92 Å². The number of benzene rings is 2. The molecule has 0 aliphatic heterocycles. The van der Waals surface area contributed by atoms with Crippen LogP contribution in [0, 0.1) is 19.8 Å². The molecule has 4 nitrogen and oxygen atoms in total. The van der Waals surface area contributed by atoms with E-state index in [9.17, 15) is 9.59 Å². The summed E-state index contributed by atoms with van der Waals surface area (Å²) in [6.45, 7) is 11.1. The second kappa shape index (κ2) is 11.8. The standard InChI is InChI=1S/C25H34N2O2S/c1-18(2)14-26-25(29)21(5)27(15-22-12-8-6-10-19(22)3)24(28)17-30-16-23-13-9-7-11-20(23)4/h6-13,18,21H,14-17H2,1-5H3,(H,26,29)/t21-/m0/s1. The monoisotopic (exact) mass is 426 g/mol. The van der Waals surface area contributed by atoms with Crippen molar-refractivity contribution < 1.29 is 9.59 Å². The van der Waals surface area contributed by atoms with Crippen LogP contribution >= 0.6 is 11.8 Å². The summed E-state index contributed by atoms with van der Waals surface area (Å²) in [6, 6.07) is 15.7. The van der Waals surface area contributed by atoms with Crippen molar-refractivity contribution in [1.29, 1.82) is 0 Å². The molecule has 0 spiro atoms. The van der Waals surface area contributed by atoms with Crippen LogP contribution in [0.3, 0.4) is 0 Å². The Bertz CT molecular complexity index is 851. The maximum atomic E-state index is 13.1. The molecule has 0 unspecified atom stereocenters. The molecular weight excluding hydrogens is 392 g/mol.